The summed E-state index contributed by atoms with van der Waals surface area (Å²) < 4.78 is 5.22. The molecule has 0 saturated carbocycles. The molecule has 0 saturated heterocycles. The number of carbonyl (C=O) groups is 1. The molecule has 0 aliphatic heterocycles. The molecule has 0 aliphatic rings. The van der Waals surface area contributed by atoms with Gasteiger partial charge in [0.15, 0.2) is 0 Å². The Morgan fingerprint density at radius 3 is 2.60 bits per heavy atom. The van der Waals surface area contributed by atoms with Crippen LogP contribution in [0.5, 0.6) is 0 Å². The van der Waals surface area contributed by atoms with Gasteiger partial charge in [-0.25, -0.2) is 4.79 Å². The molecule has 0 unspecified atom stereocenters. The maximum Gasteiger partial charge on any atom is 0.341 e. The molecule has 2 N–H and O–H groups in total. The van der Waals surface area contributed by atoms with Crippen molar-refractivity contribution in [2.24, 2.45) is 0 Å². The van der Waals surface area contributed by atoms with Crippen LogP contribution in [0.15, 0.2) is 18.2 Å². The van der Waals surface area contributed by atoms with Crippen LogP contribution < -0.4 is 5.32 Å². The monoisotopic (exact) mass is 282 g/mol. The number of nitrogens with one attached hydrogen (secondary N) is 1. The highest BCUT2D eigenvalue weighted by Gasteiger charge is 2.22. The molecule has 0 spiro atoms. The van der Waals surface area contributed by atoms with Crippen LogP contribution in [0.3, 0.4) is 0 Å². The van der Waals surface area contributed by atoms with Gasteiger partial charge in [0, 0.05) is 24.4 Å². The summed E-state index contributed by atoms with van der Waals surface area (Å²) in [6.45, 7) is 5.24. The van der Waals surface area contributed by atoms with E-state index in [9.17, 15) is 14.9 Å². The number of anilines is 1. The second kappa shape index (κ2) is 6.33. The zero-order valence-electron chi connectivity index (χ0n) is 11.7. The van der Waals surface area contributed by atoms with E-state index in [1.165, 1.54) is 12.1 Å². The molecule has 1 aromatic carbocycles. The lowest BCUT2D eigenvalue weighted by Crippen LogP contribution is -2.24. The van der Waals surface area contributed by atoms with Crippen LogP contribution in [0.2, 0.25) is 0 Å². The van der Waals surface area contributed by atoms with Crippen molar-refractivity contribution >= 4 is 17.3 Å². The van der Waals surface area contributed by atoms with Gasteiger partial charge < -0.3 is 15.2 Å². The normalized spacial score (nSPS) is 11.0. The number of hydrogen-bond donors (Lipinski definition) is 2. The van der Waals surface area contributed by atoms with Gasteiger partial charge in [0.1, 0.15) is 5.60 Å². The first-order valence-electron chi connectivity index (χ1n) is 6.11. The van der Waals surface area contributed by atoms with Crippen LogP contribution in [-0.2, 0) is 4.74 Å². The Hall–Kier alpha value is -2.15. The number of hydrogen-bond acceptors (Lipinski definition) is 6. The van der Waals surface area contributed by atoms with Gasteiger partial charge in [0.05, 0.1) is 17.1 Å². The number of aliphatic hydroxyl groups is 1. The fraction of sp³-hybridized carbons (Fsp3) is 0.462. The van der Waals surface area contributed by atoms with Gasteiger partial charge in [0.2, 0.25) is 0 Å². The summed E-state index contributed by atoms with van der Waals surface area (Å²) in [7, 11) is 0. The molecule has 0 amide bonds. The first kappa shape index (κ1) is 15.9. The lowest BCUT2D eigenvalue weighted by atomic mass is 10.1. The highest BCUT2D eigenvalue weighted by Crippen LogP contribution is 2.24. The molecular weight excluding hydrogens is 264 g/mol. The minimum absolute atomic E-state index is 0.0718. The molecule has 7 nitrogen and oxygen atoms in total. The van der Waals surface area contributed by atoms with Crippen molar-refractivity contribution in [3.8, 4) is 0 Å². The fourth-order valence-electron chi connectivity index (χ4n) is 1.49. The Morgan fingerprint density at radius 1 is 1.45 bits per heavy atom. The van der Waals surface area contributed by atoms with Gasteiger partial charge in [-0.1, -0.05) is 0 Å². The number of nitro groups is 1. The summed E-state index contributed by atoms with van der Waals surface area (Å²) in [6, 6.07) is 3.87. The summed E-state index contributed by atoms with van der Waals surface area (Å²) in [6.07, 6.45) is 0. The van der Waals surface area contributed by atoms with Crippen molar-refractivity contribution < 1.29 is 19.6 Å². The van der Waals surface area contributed by atoms with E-state index in [1.807, 2.05) is 0 Å². The molecule has 0 aliphatic carbocycles. The topological polar surface area (TPSA) is 102 Å². The zero-order valence-corrected chi connectivity index (χ0v) is 11.7. The second-order valence-electron chi connectivity index (χ2n) is 5.14. The van der Waals surface area contributed by atoms with Crippen LogP contribution in [0, 0.1) is 10.1 Å². The number of carbonyl (C=O) groups excluding carboxylic acids is 1. The number of nitro benzene ring substituents is 1. The van der Waals surface area contributed by atoms with Crippen molar-refractivity contribution in [1.29, 1.82) is 0 Å². The largest absolute Gasteiger partial charge is 0.456 e. The molecule has 0 fully saturated rings. The van der Waals surface area contributed by atoms with Gasteiger partial charge in [-0.3, -0.25) is 10.1 Å². The Bertz CT molecular complexity index is 508. The van der Waals surface area contributed by atoms with Crippen LogP contribution in [0.25, 0.3) is 0 Å². The summed E-state index contributed by atoms with van der Waals surface area (Å²) in [4.78, 5) is 22.3. The third-order valence-electron chi connectivity index (χ3n) is 2.26. The molecule has 0 atom stereocenters. The molecule has 0 bridgehead atoms. The fourth-order valence-corrected chi connectivity index (χ4v) is 1.49. The number of nitrogens with zero attached hydrogens (tertiary/aromatic N) is 1. The molecule has 110 valence electrons. The first-order chi connectivity index (χ1) is 9.24. The summed E-state index contributed by atoms with van der Waals surface area (Å²) in [5, 5.41) is 22.4. The van der Waals surface area contributed by atoms with Crippen molar-refractivity contribution in [3.63, 3.8) is 0 Å². The summed E-state index contributed by atoms with van der Waals surface area (Å²) in [5.41, 5.74) is -0.433. The number of non-ortho nitro benzene ring substituents is 1. The molecule has 20 heavy (non-hydrogen) atoms. The SMILES string of the molecule is CC(C)(C)OC(=O)c1cc([N+](=O)[O-])ccc1NCCO. The Labute approximate surface area is 116 Å². The van der Waals surface area contributed by atoms with E-state index in [1.54, 1.807) is 20.8 Å². The quantitative estimate of drug-likeness (QED) is 0.486. The van der Waals surface area contributed by atoms with E-state index in [-0.39, 0.29) is 24.4 Å². The minimum atomic E-state index is -0.698. The van der Waals surface area contributed by atoms with Crippen molar-refractivity contribution in [2.75, 3.05) is 18.5 Å². The lowest BCUT2D eigenvalue weighted by molar-refractivity contribution is -0.384. The Kier molecular flexibility index (Phi) is 5.04. The van der Waals surface area contributed by atoms with Gasteiger partial charge in [-0.2, -0.15) is 0 Å². The maximum absolute atomic E-state index is 12.1. The highest BCUT2D eigenvalue weighted by molar-refractivity contribution is 5.96. The number of aliphatic hydroxyl groups excluding tert-OH is 1. The Morgan fingerprint density at radius 2 is 2.10 bits per heavy atom. The second-order valence-corrected chi connectivity index (χ2v) is 5.14. The van der Waals surface area contributed by atoms with E-state index in [0.29, 0.717) is 5.69 Å². The molecule has 1 rings (SSSR count). The number of ether oxygens (including phenoxy) is 1. The minimum Gasteiger partial charge on any atom is -0.456 e. The van der Waals surface area contributed by atoms with Gasteiger partial charge in [0.25, 0.3) is 5.69 Å². The van der Waals surface area contributed by atoms with Crippen LogP contribution in [0.4, 0.5) is 11.4 Å². The smallest absolute Gasteiger partial charge is 0.341 e. The molecule has 7 heteroatoms. The van der Waals surface area contributed by atoms with Crippen LogP contribution in [-0.4, -0.2) is 34.8 Å². The molecule has 0 aromatic heterocycles. The van der Waals surface area contributed by atoms with Gasteiger partial charge in [-0.15, -0.1) is 0 Å². The van der Waals surface area contributed by atoms with Crippen LogP contribution in [0.1, 0.15) is 31.1 Å². The third-order valence-corrected chi connectivity index (χ3v) is 2.26. The predicted octanol–water partition coefficient (Wildman–Crippen LogP) is 1.95. The van der Waals surface area contributed by atoms with Crippen molar-refractivity contribution in [2.45, 2.75) is 26.4 Å². The van der Waals surface area contributed by atoms with Crippen LogP contribution >= 0.6 is 0 Å². The van der Waals surface area contributed by atoms with Crippen molar-refractivity contribution in [3.05, 3.63) is 33.9 Å². The van der Waals surface area contributed by atoms with E-state index >= 15 is 0 Å². The highest BCUT2D eigenvalue weighted by atomic mass is 16.6. The van der Waals surface area contributed by atoms with Crippen molar-refractivity contribution in [1.82, 2.24) is 0 Å². The van der Waals surface area contributed by atoms with E-state index < -0.39 is 16.5 Å². The Balaban J connectivity index is 3.13. The maximum atomic E-state index is 12.1. The molecular formula is C13H18N2O5. The summed E-state index contributed by atoms with van der Waals surface area (Å²) >= 11 is 0. The molecule has 0 radical (unpaired) electrons. The van der Waals surface area contributed by atoms with Gasteiger partial charge in [-0.05, 0) is 26.8 Å². The average Bonchev–Trinajstić information content (AvgIpc) is 2.33. The standard InChI is InChI=1S/C13H18N2O5/c1-13(2,3)20-12(17)10-8-9(15(18)19)4-5-11(10)14-6-7-16/h4-5,8,14,16H,6-7H2,1-3H3. The van der Waals surface area contributed by atoms with E-state index in [2.05, 4.69) is 5.32 Å². The number of rotatable bonds is 5. The molecule has 0 heterocycles. The predicted molar refractivity (Wildman–Crippen MR) is 73.8 cm³/mol. The third kappa shape index (κ3) is 4.51. The lowest BCUT2D eigenvalue weighted by Gasteiger charge is -2.20. The zero-order chi connectivity index (χ0) is 15.3. The van der Waals surface area contributed by atoms with E-state index in [4.69, 9.17) is 9.84 Å². The van der Waals surface area contributed by atoms with E-state index in [0.717, 1.165) is 6.07 Å². The van der Waals surface area contributed by atoms with Gasteiger partial charge >= 0.3 is 5.97 Å². The first-order valence-corrected chi connectivity index (χ1v) is 6.11. The molecule has 1 aromatic rings. The number of benzene rings is 1. The summed E-state index contributed by atoms with van der Waals surface area (Å²) in [5.74, 6) is -0.651. The number of esters is 1. The average molecular weight is 282 g/mol.